The maximum absolute atomic E-state index is 12.8. The lowest BCUT2D eigenvalue weighted by Gasteiger charge is -2.06. The van der Waals surface area contributed by atoms with Crippen LogP contribution in [-0.2, 0) is 6.61 Å². The van der Waals surface area contributed by atoms with Crippen LogP contribution in [0.4, 0.5) is 4.39 Å². The largest absolute Gasteiger partial charge is 0.486 e. The quantitative estimate of drug-likeness (QED) is 0.922. The molecule has 0 atom stereocenters. The molecule has 0 bridgehead atoms. The number of aromatic nitrogens is 1. The second-order valence-corrected chi connectivity index (χ2v) is 5.98. The van der Waals surface area contributed by atoms with Crippen LogP contribution < -0.4 is 10.1 Å². The van der Waals surface area contributed by atoms with Crippen LogP contribution in [0.5, 0.6) is 5.75 Å². The molecule has 0 saturated carbocycles. The number of nitrogens with zero attached hydrogens (tertiary/aromatic N) is 1. The molecule has 112 valence electrons. The van der Waals surface area contributed by atoms with Crippen LogP contribution in [0.1, 0.15) is 34.2 Å². The molecule has 0 aliphatic carbocycles. The van der Waals surface area contributed by atoms with Gasteiger partial charge in [-0.1, -0.05) is 0 Å². The van der Waals surface area contributed by atoms with E-state index in [2.05, 4.69) is 10.3 Å². The number of thiazole rings is 1. The summed E-state index contributed by atoms with van der Waals surface area (Å²) < 4.78 is 18.3. The van der Waals surface area contributed by atoms with Crippen molar-refractivity contribution in [3.05, 3.63) is 45.7 Å². The third kappa shape index (κ3) is 4.26. The number of aryl methyl sites for hydroxylation is 1. The van der Waals surface area contributed by atoms with Crippen molar-refractivity contribution >= 4 is 17.2 Å². The summed E-state index contributed by atoms with van der Waals surface area (Å²) in [6.07, 6.45) is 0. The van der Waals surface area contributed by atoms with Crippen LogP contribution in [-0.4, -0.2) is 16.9 Å². The molecule has 1 aromatic heterocycles. The molecule has 1 aromatic carbocycles. The van der Waals surface area contributed by atoms with E-state index >= 15 is 0 Å². The van der Waals surface area contributed by atoms with Crippen LogP contribution in [0.15, 0.2) is 24.3 Å². The molecule has 1 amide bonds. The molecule has 21 heavy (non-hydrogen) atoms. The number of carbonyl (C=O) groups excluding carboxylic acids is 1. The lowest BCUT2D eigenvalue weighted by Crippen LogP contribution is -2.29. The molecule has 0 unspecified atom stereocenters. The maximum Gasteiger partial charge on any atom is 0.263 e. The molecule has 0 radical (unpaired) electrons. The van der Waals surface area contributed by atoms with Gasteiger partial charge in [0.2, 0.25) is 0 Å². The van der Waals surface area contributed by atoms with Crippen LogP contribution in [0, 0.1) is 12.7 Å². The smallest absolute Gasteiger partial charge is 0.263 e. The average molecular weight is 308 g/mol. The fourth-order valence-corrected chi connectivity index (χ4v) is 2.61. The average Bonchev–Trinajstić information content (AvgIpc) is 2.79. The van der Waals surface area contributed by atoms with Crippen molar-refractivity contribution in [2.45, 2.75) is 33.4 Å². The Morgan fingerprint density at radius 1 is 1.38 bits per heavy atom. The monoisotopic (exact) mass is 308 g/mol. The highest BCUT2D eigenvalue weighted by atomic mass is 32.1. The van der Waals surface area contributed by atoms with E-state index < -0.39 is 0 Å². The zero-order valence-corrected chi connectivity index (χ0v) is 13.0. The minimum atomic E-state index is -0.305. The molecule has 2 aromatic rings. The van der Waals surface area contributed by atoms with Crippen LogP contribution in [0.25, 0.3) is 0 Å². The van der Waals surface area contributed by atoms with Crippen LogP contribution in [0.2, 0.25) is 0 Å². The molecule has 4 nitrogen and oxygen atoms in total. The standard InChI is InChI=1S/C15H17FN2O2S/c1-9(2)17-15(19)14-10(3)18-13(21-14)8-20-12-6-4-11(16)5-7-12/h4-7,9H,8H2,1-3H3,(H,17,19). The SMILES string of the molecule is Cc1nc(COc2ccc(F)cc2)sc1C(=O)NC(C)C. The number of hydrogen-bond donors (Lipinski definition) is 1. The highest BCUT2D eigenvalue weighted by Crippen LogP contribution is 2.20. The zero-order valence-electron chi connectivity index (χ0n) is 12.1. The minimum Gasteiger partial charge on any atom is -0.486 e. The molecule has 0 saturated heterocycles. The summed E-state index contributed by atoms with van der Waals surface area (Å²) in [5.74, 6) is 0.144. The van der Waals surface area contributed by atoms with Gasteiger partial charge in [0.15, 0.2) is 0 Å². The first-order chi connectivity index (χ1) is 9.95. The molecule has 1 heterocycles. The van der Waals surface area contributed by atoms with Crippen molar-refractivity contribution in [1.29, 1.82) is 0 Å². The van der Waals surface area contributed by atoms with Gasteiger partial charge < -0.3 is 10.1 Å². The van der Waals surface area contributed by atoms with E-state index in [1.54, 1.807) is 19.1 Å². The topological polar surface area (TPSA) is 51.2 Å². The molecule has 6 heteroatoms. The minimum absolute atomic E-state index is 0.0814. The van der Waals surface area contributed by atoms with Gasteiger partial charge in [-0.15, -0.1) is 11.3 Å². The molecular weight excluding hydrogens is 291 g/mol. The van der Waals surface area contributed by atoms with Gasteiger partial charge in [-0.05, 0) is 45.0 Å². The fourth-order valence-electron chi connectivity index (χ4n) is 1.73. The number of rotatable bonds is 5. The Morgan fingerprint density at radius 3 is 2.67 bits per heavy atom. The Kier molecular flexibility index (Phi) is 4.90. The van der Waals surface area contributed by atoms with E-state index in [4.69, 9.17) is 4.74 Å². The fraction of sp³-hybridized carbons (Fsp3) is 0.333. The summed E-state index contributed by atoms with van der Waals surface area (Å²) in [6.45, 7) is 5.87. The van der Waals surface area contributed by atoms with Gasteiger partial charge in [0, 0.05) is 6.04 Å². The number of amides is 1. The van der Waals surface area contributed by atoms with E-state index in [1.165, 1.54) is 23.5 Å². The maximum atomic E-state index is 12.8. The number of nitrogens with one attached hydrogen (secondary N) is 1. The predicted molar refractivity (Wildman–Crippen MR) is 80.2 cm³/mol. The Hall–Kier alpha value is -1.95. The van der Waals surface area contributed by atoms with Gasteiger partial charge in [0.05, 0.1) is 5.69 Å². The molecule has 0 aliphatic rings. The van der Waals surface area contributed by atoms with E-state index in [9.17, 15) is 9.18 Å². The van der Waals surface area contributed by atoms with Crippen molar-refractivity contribution in [3.8, 4) is 5.75 Å². The van der Waals surface area contributed by atoms with E-state index in [1.807, 2.05) is 13.8 Å². The second-order valence-electron chi connectivity index (χ2n) is 4.89. The van der Waals surface area contributed by atoms with Gasteiger partial charge in [-0.25, -0.2) is 9.37 Å². The normalized spacial score (nSPS) is 10.7. The first-order valence-corrected chi connectivity index (χ1v) is 7.43. The first-order valence-electron chi connectivity index (χ1n) is 6.61. The highest BCUT2D eigenvalue weighted by molar-refractivity contribution is 7.13. The summed E-state index contributed by atoms with van der Waals surface area (Å²) >= 11 is 1.31. The molecular formula is C15H17FN2O2S. The van der Waals surface area contributed by atoms with Gasteiger partial charge in [-0.3, -0.25) is 4.79 Å². The van der Waals surface area contributed by atoms with Crippen molar-refractivity contribution in [2.75, 3.05) is 0 Å². The first kappa shape index (κ1) is 15.4. The molecule has 1 N–H and O–H groups in total. The molecule has 0 spiro atoms. The Balaban J connectivity index is 2.01. The Bertz CT molecular complexity index is 623. The third-order valence-corrected chi connectivity index (χ3v) is 3.77. The number of ether oxygens (including phenoxy) is 1. The lowest BCUT2D eigenvalue weighted by molar-refractivity contribution is 0.0946. The molecule has 0 fully saturated rings. The van der Waals surface area contributed by atoms with E-state index in [0.717, 1.165) is 0 Å². The molecule has 0 aliphatic heterocycles. The summed E-state index contributed by atoms with van der Waals surface area (Å²) in [4.78, 5) is 16.9. The number of carbonyl (C=O) groups is 1. The van der Waals surface area contributed by atoms with Gasteiger partial charge in [0.25, 0.3) is 5.91 Å². The Morgan fingerprint density at radius 2 is 2.05 bits per heavy atom. The van der Waals surface area contributed by atoms with E-state index in [0.29, 0.717) is 21.3 Å². The zero-order chi connectivity index (χ0) is 15.4. The molecule has 2 rings (SSSR count). The second kappa shape index (κ2) is 6.67. The van der Waals surface area contributed by atoms with Crippen molar-refractivity contribution in [2.24, 2.45) is 0 Å². The lowest BCUT2D eigenvalue weighted by atomic mass is 10.3. The van der Waals surface area contributed by atoms with Crippen molar-refractivity contribution in [3.63, 3.8) is 0 Å². The predicted octanol–water partition coefficient (Wildman–Crippen LogP) is 3.31. The summed E-state index contributed by atoms with van der Waals surface area (Å²) in [5.41, 5.74) is 0.691. The van der Waals surface area contributed by atoms with Crippen LogP contribution in [0.3, 0.4) is 0 Å². The number of benzene rings is 1. The van der Waals surface area contributed by atoms with Gasteiger partial charge >= 0.3 is 0 Å². The highest BCUT2D eigenvalue weighted by Gasteiger charge is 2.16. The van der Waals surface area contributed by atoms with Crippen molar-refractivity contribution < 1.29 is 13.9 Å². The van der Waals surface area contributed by atoms with Crippen LogP contribution >= 0.6 is 11.3 Å². The number of hydrogen-bond acceptors (Lipinski definition) is 4. The summed E-state index contributed by atoms with van der Waals surface area (Å²) in [7, 11) is 0. The summed E-state index contributed by atoms with van der Waals surface area (Å²) in [5, 5.41) is 3.56. The van der Waals surface area contributed by atoms with Gasteiger partial charge in [-0.2, -0.15) is 0 Å². The summed E-state index contributed by atoms with van der Waals surface area (Å²) in [6, 6.07) is 5.87. The number of halogens is 1. The van der Waals surface area contributed by atoms with Crippen molar-refractivity contribution in [1.82, 2.24) is 10.3 Å². The Labute approximate surface area is 127 Å². The third-order valence-electron chi connectivity index (χ3n) is 2.64. The van der Waals surface area contributed by atoms with Gasteiger partial charge in [0.1, 0.15) is 28.1 Å². The van der Waals surface area contributed by atoms with E-state index in [-0.39, 0.29) is 24.4 Å².